The number of amides is 1. The summed E-state index contributed by atoms with van der Waals surface area (Å²) in [6.45, 7) is 0.198. The maximum Gasteiger partial charge on any atom is 0.255 e. The van der Waals surface area contributed by atoms with Crippen molar-refractivity contribution in [3.05, 3.63) is 64.1 Å². The average molecular weight is 445 g/mol. The third kappa shape index (κ3) is 3.51. The Morgan fingerprint density at radius 2 is 1.50 bits per heavy atom. The number of carbonyl (C=O) groups excluding carboxylic acids is 1. The predicted molar refractivity (Wildman–Crippen MR) is 95.2 cm³/mol. The summed E-state index contributed by atoms with van der Waals surface area (Å²) in [6, 6.07) is 9.86. The van der Waals surface area contributed by atoms with E-state index in [9.17, 15) is 22.0 Å². The van der Waals surface area contributed by atoms with Crippen LogP contribution in [0.2, 0.25) is 0 Å². The van der Waals surface area contributed by atoms with Gasteiger partial charge in [0.25, 0.3) is 5.91 Å². The minimum absolute atomic E-state index is 0.0354. The smallest absolute Gasteiger partial charge is 0.255 e. The van der Waals surface area contributed by atoms with E-state index in [2.05, 4.69) is 15.9 Å². The molecule has 0 spiro atoms. The zero-order chi connectivity index (χ0) is 18.9. The van der Waals surface area contributed by atoms with Crippen molar-refractivity contribution < 1.29 is 22.0 Å². The first-order valence-electron chi connectivity index (χ1n) is 7.80. The monoisotopic (exact) mass is 444 g/mol. The molecule has 3 rings (SSSR count). The molecule has 0 unspecified atom stereocenters. The topological polar surface area (TPSA) is 57.7 Å². The fraction of sp³-hybridized carbons (Fsp3) is 0.235. The fourth-order valence-corrected chi connectivity index (χ4v) is 4.78. The van der Waals surface area contributed by atoms with E-state index < -0.39 is 26.6 Å². The molecule has 0 atom stereocenters. The lowest BCUT2D eigenvalue weighted by molar-refractivity contribution is 0.0696. The van der Waals surface area contributed by atoms with E-state index in [4.69, 9.17) is 0 Å². The van der Waals surface area contributed by atoms with Crippen LogP contribution in [0.25, 0.3) is 0 Å². The van der Waals surface area contributed by atoms with Gasteiger partial charge in [0, 0.05) is 30.7 Å². The van der Waals surface area contributed by atoms with Crippen molar-refractivity contribution in [1.29, 1.82) is 0 Å². The maximum absolute atomic E-state index is 13.9. The van der Waals surface area contributed by atoms with Crippen LogP contribution in [0.3, 0.4) is 0 Å². The molecule has 1 aliphatic rings. The Balaban J connectivity index is 1.76. The molecule has 0 bridgehead atoms. The van der Waals surface area contributed by atoms with E-state index in [-0.39, 0.29) is 32.1 Å². The predicted octanol–water partition coefficient (Wildman–Crippen LogP) is 2.87. The number of sulfonamides is 1. The molecule has 1 heterocycles. The highest BCUT2D eigenvalue weighted by molar-refractivity contribution is 9.10. The first kappa shape index (κ1) is 18.9. The van der Waals surface area contributed by atoms with E-state index in [1.54, 1.807) is 24.3 Å². The van der Waals surface area contributed by atoms with Gasteiger partial charge < -0.3 is 4.90 Å². The van der Waals surface area contributed by atoms with E-state index in [0.717, 1.165) is 22.5 Å². The second-order valence-electron chi connectivity index (χ2n) is 5.73. The summed E-state index contributed by atoms with van der Waals surface area (Å²) in [6.07, 6.45) is 0. The summed E-state index contributed by atoms with van der Waals surface area (Å²) in [4.78, 5) is 13.1. The minimum atomic E-state index is -4.31. The molecule has 2 aromatic rings. The van der Waals surface area contributed by atoms with Gasteiger partial charge in [-0.3, -0.25) is 4.79 Å². The van der Waals surface area contributed by atoms with Gasteiger partial charge in [-0.1, -0.05) is 18.2 Å². The van der Waals surface area contributed by atoms with Crippen molar-refractivity contribution in [2.75, 3.05) is 26.2 Å². The highest BCUT2D eigenvalue weighted by atomic mass is 79.9. The Kier molecular flexibility index (Phi) is 5.40. The molecule has 0 aliphatic carbocycles. The molecule has 2 aromatic carbocycles. The van der Waals surface area contributed by atoms with Gasteiger partial charge in [-0.25, -0.2) is 17.2 Å². The molecule has 1 aliphatic heterocycles. The molecule has 0 aromatic heterocycles. The van der Waals surface area contributed by atoms with Gasteiger partial charge in [-0.2, -0.15) is 4.31 Å². The number of benzene rings is 2. The lowest BCUT2D eigenvalue weighted by atomic mass is 10.2. The Labute approximate surface area is 158 Å². The molecule has 138 valence electrons. The van der Waals surface area contributed by atoms with Crippen LogP contribution in [0.1, 0.15) is 10.4 Å². The molecular formula is C17H15BrF2N2O3S. The summed E-state index contributed by atoms with van der Waals surface area (Å²) in [5.41, 5.74) is 0.476. The highest BCUT2D eigenvalue weighted by Gasteiger charge is 2.34. The number of carbonyl (C=O) groups is 1. The molecule has 0 N–H and O–H groups in total. The Morgan fingerprint density at radius 3 is 2.08 bits per heavy atom. The van der Waals surface area contributed by atoms with Crippen LogP contribution >= 0.6 is 15.9 Å². The van der Waals surface area contributed by atoms with Crippen LogP contribution < -0.4 is 0 Å². The summed E-state index contributed by atoms with van der Waals surface area (Å²) in [7, 11) is -4.31. The Bertz CT molecular complexity index is 925. The molecule has 1 amide bonds. The van der Waals surface area contributed by atoms with Crippen molar-refractivity contribution in [3.63, 3.8) is 0 Å². The van der Waals surface area contributed by atoms with Crippen LogP contribution in [-0.4, -0.2) is 49.7 Å². The highest BCUT2D eigenvalue weighted by Crippen LogP contribution is 2.24. The molecule has 1 fully saturated rings. The third-order valence-corrected chi connectivity index (χ3v) is 6.79. The first-order chi connectivity index (χ1) is 12.3. The van der Waals surface area contributed by atoms with Gasteiger partial charge >= 0.3 is 0 Å². The van der Waals surface area contributed by atoms with Crippen molar-refractivity contribution in [2.24, 2.45) is 0 Å². The molecule has 1 saturated heterocycles. The van der Waals surface area contributed by atoms with E-state index >= 15 is 0 Å². The molecule has 0 radical (unpaired) electrons. The molecule has 0 saturated carbocycles. The third-order valence-electron chi connectivity index (χ3n) is 4.15. The van der Waals surface area contributed by atoms with Crippen LogP contribution in [0, 0.1) is 11.6 Å². The number of halogens is 3. The van der Waals surface area contributed by atoms with Crippen LogP contribution in [-0.2, 0) is 10.0 Å². The molecule has 9 heteroatoms. The summed E-state index contributed by atoms with van der Waals surface area (Å²) in [5.74, 6) is -2.49. The van der Waals surface area contributed by atoms with E-state index in [0.29, 0.717) is 10.0 Å². The lowest BCUT2D eigenvalue weighted by Crippen LogP contribution is -2.50. The van der Waals surface area contributed by atoms with Crippen molar-refractivity contribution in [2.45, 2.75) is 4.90 Å². The van der Waals surface area contributed by atoms with Gasteiger partial charge in [0.15, 0.2) is 4.90 Å². The summed E-state index contributed by atoms with van der Waals surface area (Å²) >= 11 is 3.32. The minimum Gasteiger partial charge on any atom is -0.336 e. The van der Waals surface area contributed by atoms with Gasteiger partial charge in [-0.05, 0) is 40.2 Å². The SMILES string of the molecule is O=C(c1ccccc1Br)N1CCN(S(=O)(=O)c2c(F)cccc2F)CC1. The molecule has 5 nitrogen and oxygen atoms in total. The first-order valence-corrected chi connectivity index (χ1v) is 10.0. The van der Waals surface area contributed by atoms with Crippen molar-refractivity contribution >= 4 is 31.9 Å². The van der Waals surface area contributed by atoms with Crippen LogP contribution in [0.15, 0.2) is 51.8 Å². The van der Waals surface area contributed by atoms with Crippen molar-refractivity contribution in [1.82, 2.24) is 9.21 Å². The number of hydrogen-bond donors (Lipinski definition) is 0. The quantitative estimate of drug-likeness (QED) is 0.731. The largest absolute Gasteiger partial charge is 0.336 e. The number of hydrogen-bond acceptors (Lipinski definition) is 3. The van der Waals surface area contributed by atoms with Gasteiger partial charge in [-0.15, -0.1) is 0 Å². The second kappa shape index (κ2) is 7.42. The number of nitrogens with zero attached hydrogens (tertiary/aromatic N) is 2. The zero-order valence-corrected chi connectivity index (χ0v) is 15.9. The van der Waals surface area contributed by atoms with Gasteiger partial charge in [0.05, 0.1) is 5.56 Å². The van der Waals surface area contributed by atoms with E-state index in [1.807, 2.05) is 0 Å². The fourth-order valence-electron chi connectivity index (χ4n) is 2.79. The average Bonchev–Trinajstić information content (AvgIpc) is 2.61. The van der Waals surface area contributed by atoms with Crippen LogP contribution in [0.5, 0.6) is 0 Å². The van der Waals surface area contributed by atoms with E-state index in [1.165, 1.54) is 4.90 Å². The number of piperazine rings is 1. The van der Waals surface area contributed by atoms with Crippen molar-refractivity contribution in [3.8, 4) is 0 Å². The number of rotatable bonds is 3. The second-order valence-corrected chi connectivity index (χ2v) is 8.46. The zero-order valence-electron chi connectivity index (χ0n) is 13.5. The summed E-state index contributed by atoms with van der Waals surface area (Å²) in [5, 5.41) is 0. The standard InChI is InChI=1S/C17H15BrF2N2O3S/c18-13-5-2-1-4-12(13)17(23)21-8-10-22(11-9-21)26(24,25)16-14(19)6-3-7-15(16)20/h1-7H,8-11H2. The Morgan fingerprint density at radius 1 is 0.923 bits per heavy atom. The maximum atomic E-state index is 13.9. The van der Waals surface area contributed by atoms with Gasteiger partial charge in [0.2, 0.25) is 10.0 Å². The van der Waals surface area contributed by atoms with Crippen LogP contribution in [0.4, 0.5) is 8.78 Å². The van der Waals surface area contributed by atoms with Gasteiger partial charge in [0.1, 0.15) is 11.6 Å². The Hall–Kier alpha value is -1.84. The molecular weight excluding hydrogens is 430 g/mol. The molecule has 26 heavy (non-hydrogen) atoms. The summed E-state index contributed by atoms with van der Waals surface area (Å²) < 4.78 is 54.5. The normalized spacial score (nSPS) is 15.9. The lowest BCUT2D eigenvalue weighted by Gasteiger charge is -2.34.